The molecule has 0 saturated carbocycles. The molecule has 0 aliphatic carbocycles. The van der Waals surface area contributed by atoms with Crippen molar-refractivity contribution < 1.29 is 0 Å². The first-order valence-electron chi connectivity index (χ1n) is 30.5. The average molecular weight is 1120 g/mol. The fraction of sp³-hybridized carbons (Fsp3) is 0. The van der Waals surface area contributed by atoms with Gasteiger partial charge >= 0.3 is 0 Å². The van der Waals surface area contributed by atoms with Crippen molar-refractivity contribution in [2.45, 2.75) is 0 Å². The smallest absolute Gasteiger partial charge is 0.00262 e. The van der Waals surface area contributed by atoms with Gasteiger partial charge < -0.3 is 0 Å². The molecule has 0 radical (unpaired) electrons. The largest absolute Gasteiger partial charge is 0.0622 e. The van der Waals surface area contributed by atoms with E-state index >= 15 is 0 Å². The molecule has 0 nitrogen and oxygen atoms in total. The van der Waals surface area contributed by atoms with Gasteiger partial charge in [-0.3, -0.25) is 0 Å². The van der Waals surface area contributed by atoms with E-state index < -0.39 is 0 Å². The molecule has 88 heavy (non-hydrogen) atoms. The number of rotatable bonds is 8. The first-order valence-corrected chi connectivity index (χ1v) is 30.5. The summed E-state index contributed by atoms with van der Waals surface area (Å²) >= 11 is 0. The van der Waals surface area contributed by atoms with E-state index in [1.807, 2.05) is 0 Å². The minimum atomic E-state index is 1.23. The quantitative estimate of drug-likeness (QED) is 0.105. The van der Waals surface area contributed by atoms with E-state index in [4.69, 9.17) is 0 Å². The highest BCUT2D eigenvalue weighted by Crippen LogP contribution is 2.47. The number of fused-ring (bicyclic) bond motifs is 8. The van der Waals surface area contributed by atoms with Crippen molar-refractivity contribution in [2.24, 2.45) is 0 Å². The van der Waals surface area contributed by atoms with E-state index in [0.29, 0.717) is 0 Å². The third-order valence-electron chi connectivity index (χ3n) is 17.9. The Balaban J connectivity index is 0.000000142. The van der Waals surface area contributed by atoms with Crippen LogP contribution in [-0.2, 0) is 0 Å². The highest BCUT2D eigenvalue weighted by Gasteiger charge is 2.20. The van der Waals surface area contributed by atoms with Gasteiger partial charge in [0.25, 0.3) is 0 Å². The van der Waals surface area contributed by atoms with Crippen molar-refractivity contribution in [1.82, 2.24) is 0 Å². The molecule has 0 heteroatoms. The topological polar surface area (TPSA) is 0 Å². The maximum absolute atomic E-state index is 2.39. The molecule has 0 heterocycles. The molecule has 0 saturated heterocycles. The second-order valence-corrected chi connectivity index (χ2v) is 23.0. The molecule has 0 atom stereocenters. The molecule has 17 rings (SSSR count). The van der Waals surface area contributed by atoms with E-state index in [1.54, 1.807) is 0 Å². The van der Waals surface area contributed by atoms with Gasteiger partial charge in [-0.25, -0.2) is 0 Å². The Bertz CT molecular complexity index is 5350. The van der Waals surface area contributed by atoms with Crippen molar-refractivity contribution in [3.63, 3.8) is 0 Å². The minimum absolute atomic E-state index is 1.23. The summed E-state index contributed by atoms with van der Waals surface area (Å²) in [5.74, 6) is 0. The highest BCUT2D eigenvalue weighted by atomic mass is 14.2. The monoisotopic (exact) mass is 1110 g/mol. The van der Waals surface area contributed by atoms with Gasteiger partial charge in [-0.1, -0.05) is 328 Å². The van der Waals surface area contributed by atoms with E-state index in [-0.39, 0.29) is 0 Å². The van der Waals surface area contributed by atoms with Gasteiger partial charge in [0.1, 0.15) is 0 Å². The maximum atomic E-state index is 2.39. The van der Waals surface area contributed by atoms with Crippen LogP contribution in [0.4, 0.5) is 0 Å². The lowest BCUT2D eigenvalue weighted by molar-refractivity contribution is 1.61. The summed E-state index contributed by atoms with van der Waals surface area (Å²) in [5.41, 5.74) is 20.0. The predicted octanol–water partition coefficient (Wildman–Crippen LogP) is 24.8. The third kappa shape index (κ3) is 9.46. The second-order valence-electron chi connectivity index (χ2n) is 23.0. The van der Waals surface area contributed by atoms with Crippen molar-refractivity contribution in [3.8, 4) is 89.0 Å². The molecule has 0 fully saturated rings. The van der Waals surface area contributed by atoms with Crippen LogP contribution >= 0.6 is 0 Å². The normalized spacial score (nSPS) is 11.4. The van der Waals surface area contributed by atoms with Crippen LogP contribution in [0.2, 0.25) is 0 Å². The number of benzene rings is 17. The van der Waals surface area contributed by atoms with Crippen LogP contribution in [0.1, 0.15) is 0 Å². The molecule has 0 amide bonds. The summed E-state index contributed by atoms with van der Waals surface area (Å²) < 4.78 is 0. The molecule has 0 aromatic heterocycles. The Kier molecular flexibility index (Phi) is 13.3. The lowest BCUT2D eigenvalue weighted by Crippen LogP contribution is -1.91. The van der Waals surface area contributed by atoms with Gasteiger partial charge in [0.05, 0.1) is 0 Å². The van der Waals surface area contributed by atoms with Crippen LogP contribution < -0.4 is 0 Å². The Labute approximate surface area is 513 Å². The fourth-order valence-electron chi connectivity index (χ4n) is 13.8. The third-order valence-corrected chi connectivity index (χ3v) is 17.9. The molecule has 17 aromatic carbocycles. The van der Waals surface area contributed by atoms with Crippen LogP contribution in [0.3, 0.4) is 0 Å². The summed E-state index contributed by atoms with van der Waals surface area (Å²) in [5, 5.41) is 17.8. The first kappa shape index (κ1) is 52.1. The van der Waals surface area contributed by atoms with Crippen LogP contribution in [0, 0.1) is 0 Å². The zero-order chi connectivity index (χ0) is 58.3. The van der Waals surface area contributed by atoms with E-state index in [1.165, 1.54) is 164 Å². The Morgan fingerprint density at radius 1 is 0.114 bits per heavy atom. The van der Waals surface area contributed by atoms with E-state index in [9.17, 15) is 0 Å². The molecule has 0 spiro atoms. The van der Waals surface area contributed by atoms with Crippen LogP contribution in [0.25, 0.3) is 164 Å². The number of hydrogen-bond acceptors (Lipinski definition) is 0. The average Bonchev–Trinajstić information content (AvgIpc) is 2.60. The van der Waals surface area contributed by atoms with Gasteiger partial charge in [-0.05, 0) is 189 Å². The molecular weight excluding hydrogens is 1060 g/mol. The zero-order valence-corrected chi connectivity index (χ0v) is 48.5. The molecule has 0 aliphatic heterocycles. The highest BCUT2D eigenvalue weighted by molar-refractivity contribution is 6.23. The van der Waals surface area contributed by atoms with Crippen molar-refractivity contribution >= 4 is 75.4 Å². The van der Waals surface area contributed by atoms with Gasteiger partial charge in [-0.15, -0.1) is 0 Å². The summed E-state index contributed by atoms with van der Waals surface area (Å²) in [6.07, 6.45) is 0. The van der Waals surface area contributed by atoms with Crippen molar-refractivity contribution in [2.75, 3.05) is 0 Å². The number of hydrogen-bond donors (Lipinski definition) is 0. The summed E-state index contributed by atoms with van der Waals surface area (Å²) in [7, 11) is 0. The Morgan fingerprint density at radius 3 is 0.864 bits per heavy atom. The molecule has 0 N–H and O–H groups in total. The molecule has 410 valence electrons. The van der Waals surface area contributed by atoms with Gasteiger partial charge in [0, 0.05) is 0 Å². The van der Waals surface area contributed by atoms with E-state index in [2.05, 4.69) is 352 Å². The Hall–Kier alpha value is -11.4. The molecular formula is C88H58. The minimum Gasteiger partial charge on any atom is -0.0622 e. The summed E-state index contributed by atoms with van der Waals surface area (Å²) in [6.45, 7) is 0. The van der Waals surface area contributed by atoms with Crippen LogP contribution in [0.15, 0.2) is 352 Å². The molecule has 0 bridgehead atoms. The molecule has 0 aliphatic rings. The standard InChI is InChI=1S/C46H30.C42H28/c1-2-13-31(14-3-1)32-25-27-33(28-26-32)45-40-21-8-10-23-42(40)46(43-24-11-9-22-41(43)45)36-17-12-16-34(29-36)44-30-35-15-4-5-18-37(35)38-19-6-7-20-39(38)44;1-2-11-29(12-3-1)31-21-24-32(25-22-31)41-37-17-6-8-19-39(37)42(40-20-9-7-18-38(40)41)36-16-10-15-34(28-36)35-26-23-30-13-4-5-14-33(30)27-35/h1-30H;1-28H. The van der Waals surface area contributed by atoms with Gasteiger partial charge in [0.2, 0.25) is 0 Å². The predicted molar refractivity (Wildman–Crippen MR) is 379 cm³/mol. The van der Waals surface area contributed by atoms with Gasteiger partial charge in [-0.2, -0.15) is 0 Å². The van der Waals surface area contributed by atoms with E-state index in [0.717, 1.165) is 0 Å². The first-order chi connectivity index (χ1) is 43.7. The SMILES string of the molecule is c1ccc(-c2ccc(-c3c4ccccc4c(-c4cccc(-c5cc6ccccc6c6ccccc56)c4)c4ccccc34)cc2)cc1.c1ccc(-c2ccc(-c3c4ccccc4c(-c4cccc(-c5ccc6ccccc6c5)c4)c4ccccc34)cc2)cc1. The Morgan fingerprint density at radius 2 is 0.398 bits per heavy atom. The molecule has 0 unspecified atom stereocenters. The summed E-state index contributed by atoms with van der Waals surface area (Å²) in [6, 6.07) is 128. The van der Waals surface area contributed by atoms with Crippen molar-refractivity contribution in [1.29, 1.82) is 0 Å². The lowest BCUT2D eigenvalue weighted by atomic mass is 9.85. The van der Waals surface area contributed by atoms with Crippen molar-refractivity contribution in [3.05, 3.63) is 352 Å². The van der Waals surface area contributed by atoms with Crippen LogP contribution in [0.5, 0.6) is 0 Å². The second kappa shape index (κ2) is 22.5. The van der Waals surface area contributed by atoms with Gasteiger partial charge in [0.15, 0.2) is 0 Å². The molecule has 17 aromatic rings. The van der Waals surface area contributed by atoms with Crippen LogP contribution in [-0.4, -0.2) is 0 Å². The summed E-state index contributed by atoms with van der Waals surface area (Å²) in [4.78, 5) is 0. The maximum Gasteiger partial charge on any atom is -0.00262 e. The zero-order valence-electron chi connectivity index (χ0n) is 48.5. The lowest BCUT2D eigenvalue weighted by Gasteiger charge is -2.18. The fourth-order valence-corrected chi connectivity index (χ4v) is 13.8.